The van der Waals surface area contributed by atoms with Gasteiger partial charge in [0.1, 0.15) is 5.70 Å². The first kappa shape index (κ1) is 16.6. The number of aryl methyl sites for hydroxylation is 2. The Bertz CT molecular complexity index is 975. The van der Waals surface area contributed by atoms with E-state index in [2.05, 4.69) is 17.4 Å². The largest absolute Gasteiger partial charge is 0.351 e. The lowest BCUT2D eigenvalue weighted by Crippen LogP contribution is -2.30. The van der Waals surface area contributed by atoms with Crippen LogP contribution < -0.4 is 10.2 Å². The second kappa shape index (κ2) is 6.81. The normalized spacial score (nSPS) is 16.7. The molecule has 0 saturated heterocycles. The Morgan fingerprint density at radius 3 is 2.42 bits per heavy atom. The van der Waals surface area contributed by atoms with Gasteiger partial charge in [0.05, 0.1) is 6.04 Å². The summed E-state index contributed by atoms with van der Waals surface area (Å²) >= 11 is 1.67. The number of hydrogen-bond donors (Lipinski definition) is 1. The van der Waals surface area contributed by atoms with Crippen LogP contribution in [0.15, 0.2) is 77.8 Å². The van der Waals surface area contributed by atoms with Crippen LogP contribution in [-0.2, 0) is 4.79 Å². The maximum absolute atomic E-state index is 13.2. The lowest BCUT2D eigenvalue weighted by Gasteiger charge is -2.24. The van der Waals surface area contributed by atoms with E-state index in [0.29, 0.717) is 5.70 Å². The average Bonchev–Trinajstić information content (AvgIpc) is 3.24. The SMILES string of the molecule is Cc1cccc(NC2=CC(c3cccs3)N(c3cccc(C)c3)C2=O)c1. The van der Waals surface area contributed by atoms with Crippen molar-refractivity contribution in [2.75, 3.05) is 10.2 Å². The molecule has 3 nitrogen and oxygen atoms in total. The lowest BCUT2D eigenvalue weighted by molar-refractivity contribution is -0.114. The number of anilines is 2. The van der Waals surface area contributed by atoms with Gasteiger partial charge in [0.25, 0.3) is 5.91 Å². The summed E-state index contributed by atoms with van der Waals surface area (Å²) in [5, 5.41) is 5.36. The van der Waals surface area contributed by atoms with E-state index in [1.54, 1.807) is 11.3 Å². The third kappa shape index (κ3) is 3.16. The van der Waals surface area contributed by atoms with E-state index in [-0.39, 0.29) is 11.9 Å². The van der Waals surface area contributed by atoms with Gasteiger partial charge in [0.15, 0.2) is 0 Å². The van der Waals surface area contributed by atoms with E-state index in [1.807, 2.05) is 78.7 Å². The maximum atomic E-state index is 13.2. The van der Waals surface area contributed by atoms with Gasteiger partial charge in [0, 0.05) is 16.3 Å². The molecule has 0 fully saturated rings. The molecule has 4 heteroatoms. The molecule has 1 aromatic heterocycles. The van der Waals surface area contributed by atoms with Gasteiger partial charge in [-0.15, -0.1) is 11.3 Å². The predicted octanol–water partition coefficient (Wildman–Crippen LogP) is 5.45. The number of benzene rings is 2. The third-order valence-corrected chi connectivity index (χ3v) is 5.41. The van der Waals surface area contributed by atoms with Crippen LogP contribution in [0, 0.1) is 13.8 Å². The first-order valence-electron chi connectivity index (χ1n) is 8.61. The Morgan fingerprint density at radius 2 is 1.73 bits per heavy atom. The summed E-state index contributed by atoms with van der Waals surface area (Å²) in [6, 6.07) is 20.2. The van der Waals surface area contributed by atoms with E-state index in [0.717, 1.165) is 27.4 Å². The molecule has 2 aromatic carbocycles. The van der Waals surface area contributed by atoms with Crippen molar-refractivity contribution < 1.29 is 4.79 Å². The highest BCUT2D eigenvalue weighted by atomic mass is 32.1. The highest BCUT2D eigenvalue weighted by Crippen LogP contribution is 2.38. The van der Waals surface area contributed by atoms with Crippen LogP contribution in [-0.4, -0.2) is 5.91 Å². The van der Waals surface area contributed by atoms with Crippen LogP contribution >= 0.6 is 11.3 Å². The number of rotatable bonds is 4. The Kier molecular flexibility index (Phi) is 4.35. The summed E-state index contributed by atoms with van der Waals surface area (Å²) in [6.07, 6.45) is 2.03. The molecule has 4 rings (SSSR count). The van der Waals surface area contributed by atoms with Crippen LogP contribution in [0.3, 0.4) is 0 Å². The second-order valence-corrected chi connectivity index (χ2v) is 7.53. The summed E-state index contributed by atoms with van der Waals surface area (Å²) in [5.41, 5.74) is 4.77. The minimum Gasteiger partial charge on any atom is -0.351 e. The standard InChI is InChI=1S/C22H20N2OS/c1-15-6-3-8-17(12-15)23-19-14-20(21-10-5-11-26-21)24(22(19)25)18-9-4-7-16(2)13-18/h3-14,20,23H,1-2H3. The van der Waals surface area contributed by atoms with Gasteiger partial charge in [-0.3, -0.25) is 9.69 Å². The van der Waals surface area contributed by atoms with Crippen molar-refractivity contribution in [2.24, 2.45) is 0 Å². The Morgan fingerprint density at radius 1 is 0.962 bits per heavy atom. The number of hydrogen-bond acceptors (Lipinski definition) is 3. The molecule has 1 atom stereocenters. The summed E-state index contributed by atoms with van der Waals surface area (Å²) in [6.45, 7) is 4.09. The summed E-state index contributed by atoms with van der Waals surface area (Å²) in [5.74, 6) is -0.00416. The summed E-state index contributed by atoms with van der Waals surface area (Å²) in [4.78, 5) is 16.2. The van der Waals surface area contributed by atoms with Crippen LogP contribution in [0.25, 0.3) is 0 Å². The topological polar surface area (TPSA) is 32.3 Å². The molecule has 130 valence electrons. The second-order valence-electron chi connectivity index (χ2n) is 6.55. The summed E-state index contributed by atoms with van der Waals surface area (Å²) < 4.78 is 0. The first-order chi connectivity index (χ1) is 12.6. The minimum absolute atomic E-state index is 0.00416. The van der Waals surface area contributed by atoms with Crippen LogP contribution in [0.1, 0.15) is 22.0 Å². The molecule has 1 aliphatic rings. The van der Waals surface area contributed by atoms with Crippen LogP contribution in [0.2, 0.25) is 0 Å². The van der Waals surface area contributed by atoms with Gasteiger partial charge in [-0.2, -0.15) is 0 Å². The molecule has 0 saturated carbocycles. The Balaban J connectivity index is 1.72. The summed E-state index contributed by atoms with van der Waals surface area (Å²) in [7, 11) is 0. The molecule has 26 heavy (non-hydrogen) atoms. The Hall–Kier alpha value is -2.85. The molecule has 1 unspecified atom stereocenters. The van der Waals surface area contributed by atoms with Crippen molar-refractivity contribution in [3.63, 3.8) is 0 Å². The molecule has 1 amide bonds. The van der Waals surface area contributed by atoms with E-state index < -0.39 is 0 Å². The molecule has 0 aliphatic carbocycles. The number of nitrogens with zero attached hydrogens (tertiary/aromatic N) is 1. The van der Waals surface area contributed by atoms with Crippen LogP contribution in [0.5, 0.6) is 0 Å². The van der Waals surface area contributed by atoms with Crippen molar-refractivity contribution in [3.05, 3.63) is 93.8 Å². The monoisotopic (exact) mass is 360 g/mol. The quantitative estimate of drug-likeness (QED) is 0.671. The fourth-order valence-electron chi connectivity index (χ4n) is 3.26. The minimum atomic E-state index is -0.0865. The van der Waals surface area contributed by atoms with E-state index in [4.69, 9.17) is 0 Å². The van der Waals surface area contributed by atoms with Gasteiger partial charge in [-0.05, 0) is 66.8 Å². The van der Waals surface area contributed by atoms with Gasteiger partial charge < -0.3 is 5.32 Å². The number of amides is 1. The molecule has 2 heterocycles. The van der Waals surface area contributed by atoms with Crippen molar-refractivity contribution in [3.8, 4) is 0 Å². The van der Waals surface area contributed by atoms with E-state index in [9.17, 15) is 4.79 Å². The van der Waals surface area contributed by atoms with Gasteiger partial charge in [0.2, 0.25) is 0 Å². The molecule has 0 bridgehead atoms. The predicted molar refractivity (Wildman–Crippen MR) is 109 cm³/mol. The van der Waals surface area contributed by atoms with Crippen molar-refractivity contribution in [2.45, 2.75) is 19.9 Å². The molecule has 0 radical (unpaired) electrons. The average molecular weight is 360 g/mol. The van der Waals surface area contributed by atoms with Crippen molar-refractivity contribution in [1.29, 1.82) is 0 Å². The fraction of sp³-hybridized carbons (Fsp3) is 0.136. The number of nitrogens with one attached hydrogen (secondary N) is 1. The number of carbonyl (C=O) groups excluding carboxylic acids is 1. The van der Waals surface area contributed by atoms with Gasteiger partial charge in [-0.25, -0.2) is 0 Å². The van der Waals surface area contributed by atoms with E-state index in [1.165, 1.54) is 0 Å². The fourth-order valence-corrected chi connectivity index (χ4v) is 4.04. The van der Waals surface area contributed by atoms with Gasteiger partial charge >= 0.3 is 0 Å². The maximum Gasteiger partial charge on any atom is 0.275 e. The van der Waals surface area contributed by atoms with Crippen LogP contribution in [0.4, 0.5) is 11.4 Å². The highest BCUT2D eigenvalue weighted by Gasteiger charge is 2.35. The van der Waals surface area contributed by atoms with Crippen molar-refractivity contribution >= 4 is 28.6 Å². The van der Waals surface area contributed by atoms with Crippen molar-refractivity contribution in [1.82, 2.24) is 0 Å². The molecular formula is C22H20N2OS. The Labute approximate surface area is 157 Å². The number of thiophene rings is 1. The van der Waals surface area contributed by atoms with E-state index >= 15 is 0 Å². The molecule has 1 N–H and O–H groups in total. The molecule has 1 aliphatic heterocycles. The third-order valence-electron chi connectivity index (χ3n) is 4.46. The first-order valence-corrected chi connectivity index (χ1v) is 9.49. The highest BCUT2D eigenvalue weighted by molar-refractivity contribution is 7.10. The zero-order valence-electron chi connectivity index (χ0n) is 14.8. The molecular weight excluding hydrogens is 340 g/mol. The number of carbonyl (C=O) groups is 1. The zero-order valence-corrected chi connectivity index (χ0v) is 15.6. The smallest absolute Gasteiger partial charge is 0.275 e. The van der Waals surface area contributed by atoms with Gasteiger partial charge in [-0.1, -0.05) is 30.3 Å². The molecule has 3 aromatic rings. The lowest BCUT2D eigenvalue weighted by atomic mass is 10.1. The molecule has 0 spiro atoms. The zero-order chi connectivity index (χ0) is 18.1.